The molecule has 6 heteroatoms. The summed E-state index contributed by atoms with van der Waals surface area (Å²) in [4.78, 5) is 24.6. The molecule has 0 spiro atoms. The van der Waals surface area contributed by atoms with Gasteiger partial charge < -0.3 is 15.8 Å². The van der Waals surface area contributed by atoms with E-state index in [4.69, 9.17) is 10.5 Å². The maximum atomic E-state index is 12.2. The lowest BCUT2D eigenvalue weighted by molar-refractivity contribution is 0.0952. The van der Waals surface area contributed by atoms with Crippen LogP contribution in [0.3, 0.4) is 0 Å². The Labute approximate surface area is 174 Å². The van der Waals surface area contributed by atoms with E-state index in [0.29, 0.717) is 29.2 Å². The van der Waals surface area contributed by atoms with Gasteiger partial charge in [0.25, 0.3) is 5.91 Å². The molecule has 2 amide bonds. The summed E-state index contributed by atoms with van der Waals surface area (Å²) < 4.78 is 5.72. The number of benzene rings is 3. The largest absolute Gasteiger partial charge is 0.457 e. The Bertz CT molecular complexity index is 942. The monoisotopic (exact) mass is 406 g/mol. The second-order valence-electron chi connectivity index (χ2n) is 6.29. The van der Waals surface area contributed by atoms with Crippen LogP contribution >= 0.6 is 11.8 Å². The third kappa shape index (κ3) is 6.40. The maximum Gasteiger partial charge on any atom is 0.251 e. The van der Waals surface area contributed by atoms with Crippen LogP contribution in [-0.2, 0) is 0 Å². The Morgan fingerprint density at radius 2 is 1.41 bits per heavy atom. The van der Waals surface area contributed by atoms with Crippen LogP contribution in [0.1, 0.15) is 27.1 Å². The minimum atomic E-state index is -0.481. The van der Waals surface area contributed by atoms with Gasteiger partial charge in [0.2, 0.25) is 5.91 Å². The molecule has 0 heterocycles. The number of carbonyl (C=O) groups excluding carboxylic acids is 2. The molecular weight excluding hydrogens is 384 g/mol. The maximum absolute atomic E-state index is 12.2. The van der Waals surface area contributed by atoms with Crippen molar-refractivity contribution in [1.82, 2.24) is 5.32 Å². The summed E-state index contributed by atoms with van der Waals surface area (Å²) >= 11 is 1.78. The van der Waals surface area contributed by atoms with Crippen molar-refractivity contribution in [3.63, 3.8) is 0 Å². The van der Waals surface area contributed by atoms with E-state index in [-0.39, 0.29) is 5.91 Å². The minimum absolute atomic E-state index is 0.105. The van der Waals surface area contributed by atoms with Crippen LogP contribution in [0.25, 0.3) is 0 Å². The molecule has 0 aliphatic heterocycles. The molecule has 3 aromatic carbocycles. The van der Waals surface area contributed by atoms with Crippen LogP contribution in [0, 0.1) is 0 Å². The van der Waals surface area contributed by atoms with Crippen molar-refractivity contribution < 1.29 is 14.3 Å². The van der Waals surface area contributed by atoms with Crippen LogP contribution in [-0.4, -0.2) is 24.1 Å². The van der Waals surface area contributed by atoms with Crippen LogP contribution in [0.5, 0.6) is 11.5 Å². The molecule has 0 aromatic heterocycles. The number of rotatable bonds is 9. The van der Waals surface area contributed by atoms with Crippen molar-refractivity contribution in [1.29, 1.82) is 0 Å². The lowest BCUT2D eigenvalue weighted by atomic mass is 10.2. The van der Waals surface area contributed by atoms with Crippen molar-refractivity contribution in [3.8, 4) is 11.5 Å². The first-order valence-electron chi connectivity index (χ1n) is 9.25. The molecule has 0 saturated carbocycles. The van der Waals surface area contributed by atoms with Gasteiger partial charge in [-0.25, -0.2) is 0 Å². The fourth-order valence-electron chi connectivity index (χ4n) is 2.58. The number of carbonyl (C=O) groups is 2. The summed E-state index contributed by atoms with van der Waals surface area (Å²) in [5.74, 6) is 1.56. The smallest absolute Gasteiger partial charge is 0.251 e. The molecular formula is C23H22N2O3S. The zero-order valence-electron chi connectivity index (χ0n) is 15.8. The number of nitrogens with one attached hydrogen (secondary N) is 1. The van der Waals surface area contributed by atoms with Crippen molar-refractivity contribution in [2.24, 2.45) is 5.73 Å². The van der Waals surface area contributed by atoms with Crippen molar-refractivity contribution in [2.45, 2.75) is 11.3 Å². The molecule has 0 fully saturated rings. The molecule has 5 nitrogen and oxygen atoms in total. The lowest BCUT2D eigenvalue weighted by Gasteiger charge is -2.08. The summed E-state index contributed by atoms with van der Waals surface area (Å²) in [6.07, 6.45) is 0.897. The summed E-state index contributed by atoms with van der Waals surface area (Å²) in [7, 11) is 0. The van der Waals surface area contributed by atoms with E-state index < -0.39 is 5.91 Å². The molecule has 0 radical (unpaired) electrons. The average molecular weight is 407 g/mol. The predicted molar refractivity (Wildman–Crippen MR) is 116 cm³/mol. The van der Waals surface area contributed by atoms with Crippen LogP contribution in [0.15, 0.2) is 83.8 Å². The quantitative estimate of drug-likeness (QED) is 0.405. The number of thioether (sulfide) groups is 1. The molecule has 0 atom stereocenters. The Hall–Kier alpha value is -3.25. The Kier molecular flexibility index (Phi) is 7.30. The molecule has 0 aliphatic carbocycles. The molecule has 0 unspecified atom stereocenters. The van der Waals surface area contributed by atoms with Gasteiger partial charge >= 0.3 is 0 Å². The highest BCUT2D eigenvalue weighted by atomic mass is 32.2. The number of hydrogen-bond donors (Lipinski definition) is 2. The van der Waals surface area contributed by atoms with Gasteiger partial charge in [0.05, 0.1) is 0 Å². The van der Waals surface area contributed by atoms with Gasteiger partial charge in [-0.2, -0.15) is 0 Å². The van der Waals surface area contributed by atoms with Gasteiger partial charge in [0.15, 0.2) is 0 Å². The second kappa shape index (κ2) is 10.3. The number of hydrogen-bond acceptors (Lipinski definition) is 4. The first-order chi connectivity index (χ1) is 14.1. The highest BCUT2D eigenvalue weighted by Gasteiger charge is 2.06. The Morgan fingerprint density at radius 1 is 0.828 bits per heavy atom. The third-order valence-electron chi connectivity index (χ3n) is 4.11. The standard InChI is InChI=1S/C23H22N2O3S/c24-22(26)17-7-11-19(12-8-17)28-20-13-9-18(10-14-20)23(27)25-15-4-16-29-21-5-2-1-3-6-21/h1-3,5-14H,4,15-16H2,(H2,24,26)(H,25,27). The highest BCUT2D eigenvalue weighted by molar-refractivity contribution is 7.99. The molecule has 3 N–H and O–H groups in total. The molecule has 0 saturated heterocycles. The van der Waals surface area contributed by atoms with Gasteiger partial charge in [-0.1, -0.05) is 18.2 Å². The average Bonchev–Trinajstić information content (AvgIpc) is 2.75. The lowest BCUT2D eigenvalue weighted by Crippen LogP contribution is -2.24. The highest BCUT2D eigenvalue weighted by Crippen LogP contribution is 2.22. The predicted octanol–water partition coefficient (Wildman–Crippen LogP) is 4.49. The van der Waals surface area contributed by atoms with E-state index >= 15 is 0 Å². The minimum Gasteiger partial charge on any atom is -0.457 e. The molecule has 0 aliphatic rings. The fraction of sp³-hybridized carbons (Fsp3) is 0.130. The first kappa shape index (κ1) is 20.5. The molecule has 148 valence electrons. The topological polar surface area (TPSA) is 81.4 Å². The Balaban J connectivity index is 1.43. The van der Waals surface area contributed by atoms with E-state index in [2.05, 4.69) is 17.4 Å². The van der Waals surface area contributed by atoms with Gasteiger partial charge in [0, 0.05) is 22.6 Å². The number of primary amides is 1. The van der Waals surface area contributed by atoms with Crippen LogP contribution in [0.2, 0.25) is 0 Å². The third-order valence-corrected chi connectivity index (χ3v) is 5.21. The van der Waals surface area contributed by atoms with Gasteiger partial charge in [0.1, 0.15) is 11.5 Å². The first-order valence-corrected chi connectivity index (χ1v) is 10.2. The van der Waals surface area contributed by atoms with E-state index in [1.165, 1.54) is 4.90 Å². The summed E-state index contributed by atoms with van der Waals surface area (Å²) in [6, 6.07) is 23.7. The molecule has 3 rings (SSSR count). The number of ether oxygens (including phenoxy) is 1. The fourth-order valence-corrected chi connectivity index (χ4v) is 3.45. The van der Waals surface area contributed by atoms with Crippen LogP contribution in [0.4, 0.5) is 0 Å². The van der Waals surface area contributed by atoms with Gasteiger partial charge in [-0.05, 0) is 72.8 Å². The van der Waals surface area contributed by atoms with E-state index in [0.717, 1.165) is 12.2 Å². The summed E-state index contributed by atoms with van der Waals surface area (Å²) in [6.45, 7) is 0.628. The summed E-state index contributed by atoms with van der Waals surface area (Å²) in [5.41, 5.74) is 6.22. The van der Waals surface area contributed by atoms with Gasteiger partial charge in [-0.15, -0.1) is 11.8 Å². The molecule has 0 bridgehead atoms. The Morgan fingerprint density at radius 3 is 2.00 bits per heavy atom. The van der Waals surface area contributed by atoms with Gasteiger partial charge in [-0.3, -0.25) is 9.59 Å². The zero-order valence-corrected chi connectivity index (χ0v) is 16.7. The van der Waals surface area contributed by atoms with E-state index in [9.17, 15) is 9.59 Å². The zero-order chi connectivity index (χ0) is 20.5. The van der Waals surface area contributed by atoms with Crippen molar-refractivity contribution in [2.75, 3.05) is 12.3 Å². The van der Waals surface area contributed by atoms with Crippen molar-refractivity contribution in [3.05, 3.63) is 90.0 Å². The van der Waals surface area contributed by atoms with E-state index in [1.54, 1.807) is 60.3 Å². The number of amides is 2. The SMILES string of the molecule is NC(=O)c1ccc(Oc2ccc(C(=O)NCCCSc3ccccc3)cc2)cc1. The van der Waals surface area contributed by atoms with Crippen LogP contribution < -0.4 is 15.8 Å². The molecule has 29 heavy (non-hydrogen) atoms. The van der Waals surface area contributed by atoms with Crippen molar-refractivity contribution >= 4 is 23.6 Å². The normalized spacial score (nSPS) is 10.3. The number of nitrogens with two attached hydrogens (primary N) is 1. The molecule has 3 aromatic rings. The summed E-state index contributed by atoms with van der Waals surface area (Å²) in [5, 5.41) is 2.93. The second-order valence-corrected chi connectivity index (χ2v) is 7.45. The van der Waals surface area contributed by atoms with E-state index in [1.807, 2.05) is 18.2 Å².